The first-order chi connectivity index (χ1) is 10.1. The topological polar surface area (TPSA) is 40.6 Å². The molecule has 4 rings (SSSR count). The van der Waals surface area contributed by atoms with Crippen molar-refractivity contribution < 1.29 is 9.59 Å². The van der Waals surface area contributed by atoms with Gasteiger partial charge in [0.25, 0.3) is 0 Å². The molecule has 0 N–H and O–H groups in total. The Labute approximate surface area is 132 Å². The monoisotopic (exact) mass is 322 g/mol. The van der Waals surface area contributed by atoms with Crippen molar-refractivity contribution in [2.24, 2.45) is 0 Å². The third-order valence-corrected chi connectivity index (χ3v) is 7.38. The van der Waals surface area contributed by atoms with E-state index in [0.717, 1.165) is 25.1 Å². The van der Waals surface area contributed by atoms with E-state index in [1.807, 2.05) is 9.80 Å². The second kappa shape index (κ2) is 4.74. The van der Waals surface area contributed by atoms with Gasteiger partial charge in [0.1, 0.15) is 6.04 Å². The summed E-state index contributed by atoms with van der Waals surface area (Å²) in [6.45, 7) is 3.59. The lowest BCUT2D eigenvalue weighted by atomic mass is 10.1. The summed E-state index contributed by atoms with van der Waals surface area (Å²) in [5.74, 6) is 1.03. The second-order valence-corrected chi connectivity index (χ2v) is 8.65. The Hall–Kier alpha value is -1.01. The molecule has 0 radical (unpaired) electrons. The minimum atomic E-state index is -0.254. The van der Waals surface area contributed by atoms with E-state index in [-0.39, 0.29) is 22.7 Å². The van der Waals surface area contributed by atoms with Crippen LogP contribution in [0.3, 0.4) is 0 Å². The van der Waals surface area contributed by atoms with Gasteiger partial charge in [-0.25, -0.2) is 0 Å². The van der Waals surface area contributed by atoms with Crippen molar-refractivity contribution >= 4 is 34.9 Å². The minimum Gasteiger partial charge on any atom is -0.336 e. The summed E-state index contributed by atoms with van der Waals surface area (Å²) in [5.41, 5.74) is 1.28. The Kier molecular flexibility index (Phi) is 3.08. The molecule has 0 aliphatic carbocycles. The van der Waals surface area contributed by atoms with Crippen molar-refractivity contribution in [3.63, 3.8) is 0 Å². The third kappa shape index (κ3) is 2.03. The van der Waals surface area contributed by atoms with Crippen molar-refractivity contribution in [3.8, 4) is 0 Å². The molecule has 0 unspecified atom stereocenters. The van der Waals surface area contributed by atoms with Crippen LogP contribution in [0, 0.1) is 0 Å². The maximum absolute atomic E-state index is 12.9. The first kappa shape index (κ1) is 13.6. The average Bonchev–Trinajstić information content (AvgIpc) is 3.14. The van der Waals surface area contributed by atoms with Crippen LogP contribution in [0.2, 0.25) is 0 Å². The van der Waals surface area contributed by atoms with Crippen LogP contribution in [0.25, 0.3) is 0 Å². The first-order valence-electron chi connectivity index (χ1n) is 7.39. The summed E-state index contributed by atoms with van der Waals surface area (Å²) in [5, 5.41) is 2.10. The van der Waals surface area contributed by atoms with Crippen molar-refractivity contribution in [2.45, 2.75) is 43.6 Å². The molecule has 1 aromatic rings. The van der Waals surface area contributed by atoms with Crippen LogP contribution >= 0.6 is 23.1 Å². The largest absolute Gasteiger partial charge is 0.336 e. The number of thiophene rings is 1. The van der Waals surface area contributed by atoms with Crippen LogP contribution in [-0.4, -0.2) is 44.8 Å². The molecule has 3 aliphatic rings. The van der Waals surface area contributed by atoms with Crippen molar-refractivity contribution in [1.82, 2.24) is 9.80 Å². The Morgan fingerprint density at radius 3 is 3.14 bits per heavy atom. The molecule has 112 valence electrons. The molecule has 1 aromatic heterocycles. The number of fused-ring (bicyclic) bond motifs is 2. The van der Waals surface area contributed by atoms with Gasteiger partial charge in [0.05, 0.1) is 4.87 Å². The van der Waals surface area contributed by atoms with Crippen molar-refractivity contribution in [1.29, 1.82) is 0 Å². The van der Waals surface area contributed by atoms with Gasteiger partial charge in [-0.2, -0.15) is 0 Å². The number of rotatable bonds is 1. The fraction of sp³-hybridized carbons (Fsp3) is 0.600. The molecule has 2 atom stereocenters. The Morgan fingerprint density at radius 1 is 1.43 bits per heavy atom. The number of hydrogen-bond donors (Lipinski definition) is 0. The van der Waals surface area contributed by atoms with Crippen LogP contribution in [0.5, 0.6) is 0 Å². The summed E-state index contributed by atoms with van der Waals surface area (Å²) in [4.78, 5) is 30.1. The molecule has 4 nitrogen and oxygen atoms in total. The standard InChI is InChI=1S/C15H18N2O2S2/c1-15-5-2-13(18)17(15)11(9-21-15)14(19)16-6-3-12-10(8-16)4-7-20-12/h4,7,11H,2-3,5-6,8-9H2,1H3/t11-,15-/m1/s1. The lowest BCUT2D eigenvalue weighted by molar-refractivity contribution is -0.144. The first-order valence-corrected chi connectivity index (χ1v) is 9.25. The molecule has 4 heterocycles. The lowest BCUT2D eigenvalue weighted by Gasteiger charge is -2.34. The number of hydrogen-bond acceptors (Lipinski definition) is 4. The highest BCUT2D eigenvalue weighted by Gasteiger charge is 2.53. The molecule has 6 heteroatoms. The van der Waals surface area contributed by atoms with Gasteiger partial charge in [0.15, 0.2) is 0 Å². The summed E-state index contributed by atoms with van der Waals surface area (Å²) < 4.78 is 0. The molecule has 3 aliphatic heterocycles. The van der Waals surface area contributed by atoms with Gasteiger partial charge >= 0.3 is 0 Å². The highest BCUT2D eigenvalue weighted by atomic mass is 32.2. The smallest absolute Gasteiger partial charge is 0.246 e. The Morgan fingerprint density at radius 2 is 2.29 bits per heavy atom. The molecule has 21 heavy (non-hydrogen) atoms. The van der Waals surface area contributed by atoms with E-state index in [4.69, 9.17) is 0 Å². The van der Waals surface area contributed by atoms with E-state index in [2.05, 4.69) is 18.4 Å². The van der Waals surface area contributed by atoms with Gasteiger partial charge in [-0.1, -0.05) is 0 Å². The van der Waals surface area contributed by atoms with Crippen LogP contribution in [0.15, 0.2) is 11.4 Å². The normalized spacial score (nSPS) is 31.5. The third-order valence-electron chi connectivity index (χ3n) is 4.85. The maximum atomic E-state index is 12.9. The summed E-state index contributed by atoms with van der Waals surface area (Å²) in [6, 6.07) is 1.86. The second-order valence-electron chi connectivity index (χ2n) is 6.14. The Bertz CT molecular complexity index is 615. The molecule has 0 saturated carbocycles. The fourth-order valence-corrected chi connectivity index (χ4v) is 5.96. The van der Waals surface area contributed by atoms with Gasteiger partial charge < -0.3 is 9.80 Å². The molecule has 2 amide bonds. The lowest BCUT2D eigenvalue weighted by Crippen LogP contribution is -2.52. The average molecular weight is 322 g/mol. The summed E-state index contributed by atoms with van der Waals surface area (Å²) in [7, 11) is 0. The SMILES string of the molecule is C[C@@]12CCC(=O)N1[C@@H](C(=O)N1CCc3sccc3C1)CS2. The summed E-state index contributed by atoms with van der Waals surface area (Å²) >= 11 is 3.55. The van der Waals surface area contributed by atoms with Gasteiger partial charge in [0, 0.05) is 30.1 Å². The highest BCUT2D eigenvalue weighted by Crippen LogP contribution is 2.47. The molecule has 0 aromatic carbocycles. The van der Waals surface area contributed by atoms with Gasteiger partial charge in [0.2, 0.25) is 11.8 Å². The number of amides is 2. The summed E-state index contributed by atoms with van der Waals surface area (Å²) in [6.07, 6.45) is 2.40. The maximum Gasteiger partial charge on any atom is 0.246 e. The van der Waals surface area contributed by atoms with Crippen LogP contribution < -0.4 is 0 Å². The number of carbonyl (C=O) groups is 2. The highest BCUT2D eigenvalue weighted by molar-refractivity contribution is 8.01. The van der Waals surface area contributed by atoms with Gasteiger partial charge in [-0.15, -0.1) is 23.1 Å². The zero-order valence-electron chi connectivity index (χ0n) is 12.0. The van der Waals surface area contributed by atoms with E-state index >= 15 is 0 Å². The predicted octanol–water partition coefficient (Wildman–Crippen LogP) is 2.09. The molecular formula is C15H18N2O2S2. The van der Waals surface area contributed by atoms with Crippen LogP contribution in [-0.2, 0) is 22.6 Å². The van der Waals surface area contributed by atoms with E-state index in [1.165, 1.54) is 10.4 Å². The molecule has 2 saturated heterocycles. The number of nitrogens with zero attached hydrogens (tertiary/aromatic N) is 2. The molecule has 0 bridgehead atoms. The van der Waals surface area contributed by atoms with E-state index in [9.17, 15) is 9.59 Å². The van der Waals surface area contributed by atoms with E-state index < -0.39 is 0 Å². The number of thioether (sulfide) groups is 1. The molecule has 0 spiro atoms. The predicted molar refractivity (Wildman–Crippen MR) is 84.2 cm³/mol. The zero-order valence-corrected chi connectivity index (χ0v) is 13.6. The quantitative estimate of drug-likeness (QED) is 0.795. The van der Waals surface area contributed by atoms with Crippen molar-refractivity contribution in [2.75, 3.05) is 12.3 Å². The van der Waals surface area contributed by atoms with Crippen LogP contribution in [0.4, 0.5) is 0 Å². The fourth-order valence-electron chi connectivity index (χ4n) is 3.65. The minimum absolute atomic E-state index is 0.137. The molecule has 2 fully saturated rings. The van der Waals surface area contributed by atoms with Gasteiger partial charge in [-0.05, 0) is 36.8 Å². The number of carbonyl (C=O) groups excluding carboxylic acids is 2. The van der Waals surface area contributed by atoms with E-state index in [0.29, 0.717) is 13.0 Å². The molecular weight excluding hydrogens is 304 g/mol. The van der Waals surface area contributed by atoms with Crippen LogP contribution in [0.1, 0.15) is 30.2 Å². The van der Waals surface area contributed by atoms with Crippen molar-refractivity contribution in [3.05, 3.63) is 21.9 Å². The Balaban J connectivity index is 1.55. The van der Waals surface area contributed by atoms with E-state index in [1.54, 1.807) is 23.1 Å². The van der Waals surface area contributed by atoms with Gasteiger partial charge in [-0.3, -0.25) is 9.59 Å². The zero-order chi connectivity index (χ0) is 14.6.